The average Bonchev–Trinajstić information content (AvgIpc) is 2.55. The fraction of sp³-hybridized carbons (Fsp3) is 0.316. The molecule has 0 amide bonds. The molecule has 2 rings (SSSR count). The molecular weight excluding hydrogens is 338 g/mol. The van der Waals surface area contributed by atoms with Gasteiger partial charge in [0.2, 0.25) is 10.0 Å². The maximum atomic E-state index is 12.5. The SMILES string of the molecule is Cc1ccc(C)c(COC(=O)c2cc(S(=O)(=O)N(C)C)ccc2C)c1. The Hall–Kier alpha value is -2.18. The van der Waals surface area contributed by atoms with Crippen LogP contribution in [0.1, 0.15) is 32.6 Å². The van der Waals surface area contributed by atoms with Crippen molar-refractivity contribution in [1.82, 2.24) is 4.31 Å². The van der Waals surface area contributed by atoms with E-state index in [9.17, 15) is 13.2 Å². The molecule has 0 bridgehead atoms. The normalized spacial score (nSPS) is 11.6. The number of hydrogen-bond acceptors (Lipinski definition) is 4. The number of nitrogens with zero attached hydrogens (tertiary/aromatic N) is 1. The van der Waals surface area contributed by atoms with E-state index >= 15 is 0 Å². The zero-order valence-corrected chi connectivity index (χ0v) is 16.0. The highest BCUT2D eigenvalue weighted by Gasteiger charge is 2.21. The minimum absolute atomic E-state index is 0.0711. The third-order valence-electron chi connectivity index (χ3n) is 4.07. The van der Waals surface area contributed by atoms with E-state index < -0.39 is 16.0 Å². The van der Waals surface area contributed by atoms with Crippen LogP contribution in [0.25, 0.3) is 0 Å². The Balaban J connectivity index is 2.26. The first-order chi connectivity index (χ1) is 11.6. The number of carbonyl (C=O) groups is 1. The van der Waals surface area contributed by atoms with Crippen molar-refractivity contribution in [2.75, 3.05) is 14.1 Å². The van der Waals surface area contributed by atoms with Crippen LogP contribution < -0.4 is 0 Å². The molecule has 25 heavy (non-hydrogen) atoms. The second-order valence-corrected chi connectivity index (χ2v) is 8.42. The summed E-state index contributed by atoms with van der Waals surface area (Å²) in [4.78, 5) is 12.5. The van der Waals surface area contributed by atoms with Crippen LogP contribution in [0.5, 0.6) is 0 Å². The van der Waals surface area contributed by atoms with Crippen molar-refractivity contribution in [1.29, 1.82) is 0 Å². The van der Waals surface area contributed by atoms with Gasteiger partial charge in [-0.1, -0.05) is 29.8 Å². The Bertz CT molecular complexity index is 902. The lowest BCUT2D eigenvalue weighted by Crippen LogP contribution is -2.22. The van der Waals surface area contributed by atoms with Gasteiger partial charge in [-0.2, -0.15) is 0 Å². The maximum Gasteiger partial charge on any atom is 0.338 e. The van der Waals surface area contributed by atoms with Crippen LogP contribution in [0.2, 0.25) is 0 Å². The number of ether oxygens (including phenoxy) is 1. The molecule has 0 aliphatic carbocycles. The molecule has 0 radical (unpaired) electrons. The molecule has 6 heteroatoms. The molecular formula is C19H23NO4S. The molecule has 0 spiro atoms. The molecule has 2 aromatic rings. The van der Waals surface area contributed by atoms with E-state index in [4.69, 9.17) is 4.74 Å². The molecule has 0 unspecified atom stereocenters. The van der Waals surface area contributed by atoms with Gasteiger partial charge in [-0.3, -0.25) is 0 Å². The third-order valence-corrected chi connectivity index (χ3v) is 5.88. The second-order valence-electron chi connectivity index (χ2n) is 6.27. The van der Waals surface area contributed by atoms with Crippen LogP contribution in [0, 0.1) is 20.8 Å². The Labute approximate surface area is 149 Å². The highest BCUT2D eigenvalue weighted by atomic mass is 32.2. The number of esters is 1. The largest absolute Gasteiger partial charge is 0.457 e. The topological polar surface area (TPSA) is 63.7 Å². The zero-order chi connectivity index (χ0) is 18.8. The molecule has 0 saturated carbocycles. The van der Waals surface area contributed by atoms with Crippen LogP contribution in [0.4, 0.5) is 0 Å². The van der Waals surface area contributed by atoms with Crippen molar-refractivity contribution < 1.29 is 17.9 Å². The van der Waals surface area contributed by atoms with Crippen molar-refractivity contribution >= 4 is 16.0 Å². The summed E-state index contributed by atoms with van der Waals surface area (Å²) in [5, 5.41) is 0. The van der Waals surface area contributed by atoms with Crippen LogP contribution in [-0.2, 0) is 21.4 Å². The quantitative estimate of drug-likeness (QED) is 0.767. The molecule has 0 fully saturated rings. The van der Waals surface area contributed by atoms with Crippen LogP contribution in [0.3, 0.4) is 0 Å². The van der Waals surface area contributed by atoms with Crippen molar-refractivity contribution in [2.24, 2.45) is 0 Å². The van der Waals surface area contributed by atoms with E-state index in [2.05, 4.69) is 0 Å². The maximum absolute atomic E-state index is 12.5. The van der Waals surface area contributed by atoms with E-state index in [1.54, 1.807) is 13.0 Å². The molecule has 5 nitrogen and oxygen atoms in total. The first kappa shape index (κ1) is 19.1. The molecule has 0 atom stereocenters. The monoisotopic (exact) mass is 361 g/mol. The second kappa shape index (κ2) is 7.37. The van der Waals surface area contributed by atoms with Gasteiger partial charge < -0.3 is 4.74 Å². The standard InChI is InChI=1S/C19H23NO4S/c1-13-6-7-14(2)16(10-13)12-24-19(21)18-11-17(9-8-15(18)3)25(22,23)20(4)5/h6-11H,12H2,1-5H3. The van der Waals surface area contributed by atoms with E-state index in [1.807, 2.05) is 32.0 Å². The van der Waals surface area contributed by atoms with Crippen molar-refractivity contribution in [2.45, 2.75) is 32.3 Å². The molecule has 0 aliphatic rings. The van der Waals surface area contributed by atoms with E-state index in [0.29, 0.717) is 5.56 Å². The molecule has 0 aliphatic heterocycles. The molecule has 0 aromatic heterocycles. The number of benzene rings is 2. The Morgan fingerprint density at radius 1 is 1.00 bits per heavy atom. The first-order valence-electron chi connectivity index (χ1n) is 7.89. The van der Waals surface area contributed by atoms with Gasteiger partial charge in [-0.15, -0.1) is 0 Å². The van der Waals surface area contributed by atoms with Gasteiger partial charge in [0.25, 0.3) is 0 Å². The minimum atomic E-state index is -3.60. The Morgan fingerprint density at radius 3 is 2.28 bits per heavy atom. The highest BCUT2D eigenvalue weighted by molar-refractivity contribution is 7.89. The average molecular weight is 361 g/mol. The molecule has 2 aromatic carbocycles. The van der Waals surface area contributed by atoms with Gasteiger partial charge in [0.15, 0.2) is 0 Å². The van der Waals surface area contributed by atoms with Crippen LogP contribution in [-0.4, -0.2) is 32.8 Å². The lowest BCUT2D eigenvalue weighted by molar-refractivity contribution is 0.0471. The van der Waals surface area contributed by atoms with Gasteiger partial charge in [-0.25, -0.2) is 17.5 Å². The number of hydrogen-bond donors (Lipinski definition) is 0. The van der Waals surface area contributed by atoms with Gasteiger partial charge in [-0.05, 0) is 49.6 Å². The molecule has 134 valence electrons. The fourth-order valence-corrected chi connectivity index (χ4v) is 3.30. The number of aryl methyl sites for hydroxylation is 3. The van der Waals surface area contributed by atoms with Crippen LogP contribution >= 0.6 is 0 Å². The van der Waals surface area contributed by atoms with E-state index in [0.717, 1.165) is 21.0 Å². The van der Waals surface area contributed by atoms with Gasteiger partial charge >= 0.3 is 5.97 Å². The summed E-state index contributed by atoms with van der Waals surface area (Å²) in [6.45, 7) is 5.83. The Morgan fingerprint density at radius 2 is 1.64 bits per heavy atom. The molecule has 0 saturated heterocycles. The predicted octanol–water partition coefficient (Wildman–Crippen LogP) is 3.22. The van der Waals surface area contributed by atoms with Crippen molar-refractivity contribution in [3.63, 3.8) is 0 Å². The van der Waals surface area contributed by atoms with Crippen molar-refractivity contribution in [3.8, 4) is 0 Å². The smallest absolute Gasteiger partial charge is 0.338 e. The van der Waals surface area contributed by atoms with E-state index in [-0.39, 0.29) is 17.1 Å². The lowest BCUT2D eigenvalue weighted by Gasteiger charge is -2.14. The molecule has 0 heterocycles. The van der Waals surface area contributed by atoms with Crippen molar-refractivity contribution in [3.05, 3.63) is 64.2 Å². The highest BCUT2D eigenvalue weighted by Crippen LogP contribution is 2.20. The lowest BCUT2D eigenvalue weighted by atomic mass is 10.1. The number of carbonyl (C=O) groups excluding carboxylic acids is 1. The summed E-state index contributed by atoms with van der Waals surface area (Å²) in [7, 11) is -0.699. The van der Waals surface area contributed by atoms with Gasteiger partial charge in [0.1, 0.15) is 6.61 Å². The van der Waals surface area contributed by atoms with Gasteiger partial charge in [0.05, 0.1) is 10.5 Å². The zero-order valence-electron chi connectivity index (χ0n) is 15.2. The molecule has 0 N–H and O–H groups in total. The number of rotatable bonds is 5. The Kier molecular flexibility index (Phi) is 5.65. The summed E-state index contributed by atoms with van der Waals surface area (Å²) >= 11 is 0. The summed E-state index contributed by atoms with van der Waals surface area (Å²) in [5.74, 6) is -0.533. The summed E-state index contributed by atoms with van der Waals surface area (Å²) in [5.41, 5.74) is 3.99. The fourth-order valence-electron chi connectivity index (χ4n) is 2.37. The van der Waals surface area contributed by atoms with Crippen LogP contribution in [0.15, 0.2) is 41.3 Å². The predicted molar refractivity (Wildman–Crippen MR) is 97.1 cm³/mol. The minimum Gasteiger partial charge on any atom is -0.457 e. The number of sulfonamides is 1. The first-order valence-corrected chi connectivity index (χ1v) is 9.33. The third kappa shape index (κ3) is 4.27. The van der Waals surface area contributed by atoms with E-state index in [1.165, 1.54) is 26.2 Å². The summed E-state index contributed by atoms with van der Waals surface area (Å²) in [6.07, 6.45) is 0. The summed E-state index contributed by atoms with van der Waals surface area (Å²) in [6, 6.07) is 10.4. The summed E-state index contributed by atoms with van der Waals surface area (Å²) < 4.78 is 31.0. The van der Waals surface area contributed by atoms with Gasteiger partial charge in [0, 0.05) is 14.1 Å².